The highest BCUT2D eigenvalue weighted by molar-refractivity contribution is 5.96. The van der Waals surface area contributed by atoms with Crippen LogP contribution in [0.15, 0.2) is 36.9 Å². The van der Waals surface area contributed by atoms with Crippen LogP contribution in [0.25, 0.3) is 0 Å². The number of aromatic nitrogens is 2. The second-order valence-electron chi connectivity index (χ2n) is 4.07. The molecule has 0 aliphatic heterocycles. The largest absolute Gasteiger partial charge is 0.507 e. The molecule has 0 aliphatic carbocycles. The van der Waals surface area contributed by atoms with Crippen molar-refractivity contribution in [1.29, 1.82) is 0 Å². The molecule has 1 amide bonds. The monoisotopic (exact) mass is 263 g/mol. The van der Waals surface area contributed by atoms with E-state index in [1.165, 1.54) is 6.07 Å². The van der Waals surface area contributed by atoms with E-state index in [0.717, 1.165) is 25.1 Å². The molecule has 6 heteroatoms. The van der Waals surface area contributed by atoms with Crippen molar-refractivity contribution in [3.05, 3.63) is 48.3 Å². The Morgan fingerprint density at radius 1 is 1.47 bits per heavy atom. The van der Waals surface area contributed by atoms with Gasteiger partial charge in [-0.1, -0.05) is 0 Å². The Morgan fingerprint density at radius 3 is 3.00 bits per heavy atom. The predicted octanol–water partition coefficient (Wildman–Crippen LogP) is 1.55. The highest BCUT2D eigenvalue weighted by Crippen LogP contribution is 2.17. The van der Waals surface area contributed by atoms with Gasteiger partial charge in [0.05, 0.1) is 11.9 Å². The molecular formula is C13H14FN3O2. The SMILES string of the molecule is O=C(NCCCn1ccnc1)c1ccc(F)cc1O. The van der Waals surface area contributed by atoms with Crippen molar-refractivity contribution in [2.45, 2.75) is 13.0 Å². The van der Waals surface area contributed by atoms with E-state index in [9.17, 15) is 14.3 Å². The number of phenols is 1. The molecule has 2 aromatic rings. The van der Waals surface area contributed by atoms with Crippen LogP contribution in [0.1, 0.15) is 16.8 Å². The summed E-state index contributed by atoms with van der Waals surface area (Å²) in [5, 5.41) is 12.1. The van der Waals surface area contributed by atoms with Gasteiger partial charge in [0.2, 0.25) is 0 Å². The molecule has 0 bridgehead atoms. The smallest absolute Gasteiger partial charge is 0.255 e. The second kappa shape index (κ2) is 5.99. The minimum Gasteiger partial charge on any atom is -0.507 e. The summed E-state index contributed by atoms with van der Waals surface area (Å²) in [6.07, 6.45) is 5.97. The molecule has 0 unspecified atom stereocenters. The number of nitrogens with one attached hydrogen (secondary N) is 1. The fraction of sp³-hybridized carbons (Fsp3) is 0.231. The van der Waals surface area contributed by atoms with Crippen LogP contribution in [0.4, 0.5) is 4.39 Å². The summed E-state index contributed by atoms with van der Waals surface area (Å²) in [6.45, 7) is 1.21. The molecule has 0 radical (unpaired) electrons. The first-order valence-corrected chi connectivity index (χ1v) is 5.89. The maximum Gasteiger partial charge on any atom is 0.255 e. The maximum atomic E-state index is 12.8. The van der Waals surface area contributed by atoms with Gasteiger partial charge in [-0.05, 0) is 18.6 Å². The van der Waals surface area contributed by atoms with E-state index in [1.807, 2.05) is 10.8 Å². The van der Waals surface area contributed by atoms with E-state index in [4.69, 9.17) is 0 Å². The number of rotatable bonds is 5. The molecule has 5 nitrogen and oxygen atoms in total. The van der Waals surface area contributed by atoms with Gasteiger partial charge in [-0.15, -0.1) is 0 Å². The van der Waals surface area contributed by atoms with Crippen molar-refractivity contribution in [2.75, 3.05) is 6.54 Å². The lowest BCUT2D eigenvalue weighted by molar-refractivity contribution is 0.0950. The van der Waals surface area contributed by atoms with Gasteiger partial charge in [-0.2, -0.15) is 0 Å². The number of nitrogens with zero attached hydrogens (tertiary/aromatic N) is 2. The third-order valence-corrected chi connectivity index (χ3v) is 2.64. The van der Waals surface area contributed by atoms with Gasteiger partial charge in [-0.3, -0.25) is 4.79 Å². The summed E-state index contributed by atoms with van der Waals surface area (Å²) in [5.74, 6) is -1.34. The van der Waals surface area contributed by atoms with Gasteiger partial charge in [0, 0.05) is 31.5 Å². The maximum absolute atomic E-state index is 12.8. The van der Waals surface area contributed by atoms with E-state index in [1.54, 1.807) is 12.5 Å². The Balaban J connectivity index is 1.81. The Hall–Kier alpha value is -2.37. The van der Waals surface area contributed by atoms with Crippen LogP contribution in [0.3, 0.4) is 0 Å². The molecular weight excluding hydrogens is 249 g/mol. The van der Waals surface area contributed by atoms with Crippen LogP contribution in [0.5, 0.6) is 5.75 Å². The Kier molecular flexibility index (Phi) is 4.12. The van der Waals surface area contributed by atoms with Crippen molar-refractivity contribution in [1.82, 2.24) is 14.9 Å². The lowest BCUT2D eigenvalue weighted by atomic mass is 10.2. The zero-order valence-corrected chi connectivity index (χ0v) is 10.2. The zero-order chi connectivity index (χ0) is 13.7. The third kappa shape index (κ3) is 3.54. The predicted molar refractivity (Wildman–Crippen MR) is 67.2 cm³/mol. The average Bonchev–Trinajstić information content (AvgIpc) is 2.87. The zero-order valence-electron chi connectivity index (χ0n) is 10.2. The summed E-state index contributed by atoms with van der Waals surface area (Å²) < 4.78 is 14.7. The Bertz CT molecular complexity index is 555. The van der Waals surface area contributed by atoms with E-state index in [2.05, 4.69) is 10.3 Å². The van der Waals surface area contributed by atoms with Crippen molar-refractivity contribution < 1.29 is 14.3 Å². The van der Waals surface area contributed by atoms with Gasteiger partial charge >= 0.3 is 0 Å². The van der Waals surface area contributed by atoms with E-state index in [-0.39, 0.29) is 11.3 Å². The van der Waals surface area contributed by atoms with Gasteiger partial charge in [-0.25, -0.2) is 9.37 Å². The van der Waals surface area contributed by atoms with Gasteiger partial charge < -0.3 is 15.0 Å². The number of carbonyl (C=O) groups excluding carboxylic acids is 1. The first-order valence-electron chi connectivity index (χ1n) is 5.89. The summed E-state index contributed by atoms with van der Waals surface area (Å²) >= 11 is 0. The van der Waals surface area contributed by atoms with Crippen LogP contribution in [0.2, 0.25) is 0 Å². The number of imidazole rings is 1. The van der Waals surface area contributed by atoms with E-state index >= 15 is 0 Å². The molecule has 0 fully saturated rings. The van der Waals surface area contributed by atoms with Crippen LogP contribution in [-0.2, 0) is 6.54 Å². The van der Waals surface area contributed by atoms with Crippen LogP contribution >= 0.6 is 0 Å². The summed E-state index contributed by atoms with van der Waals surface area (Å²) in [7, 11) is 0. The molecule has 0 saturated carbocycles. The number of halogens is 1. The number of aryl methyl sites for hydroxylation is 1. The number of benzene rings is 1. The van der Waals surface area contributed by atoms with Crippen LogP contribution < -0.4 is 5.32 Å². The molecule has 0 saturated heterocycles. The molecule has 1 heterocycles. The van der Waals surface area contributed by atoms with Crippen molar-refractivity contribution in [3.8, 4) is 5.75 Å². The van der Waals surface area contributed by atoms with Gasteiger partial charge in [0.15, 0.2) is 0 Å². The minimum atomic E-state index is -0.575. The standard InChI is InChI=1S/C13H14FN3O2/c14-10-2-3-11(12(18)8-10)13(19)16-4-1-6-17-7-5-15-9-17/h2-3,5,7-9,18H,1,4,6H2,(H,16,19). The van der Waals surface area contributed by atoms with Crippen molar-refractivity contribution >= 4 is 5.91 Å². The molecule has 100 valence electrons. The number of amides is 1. The normalized spacial score (nSPS) is 10.4. The second-order valence-corrected chi connectivity index (χ2v) is 4.07. The third-order valence-electron chi connectivity index (χ3n) is 2.64. The quantitative estimate of drug-likeness (QED) is 0.804. The first kappa shape index (κ1) is 13.1. The van der Waals surface area contributed by atoms with Gasteiger partial charge in [0.1, 0.15) is 11.6 Å². The molecule has 2 rings (SSSR count). The lowest BCUT2D eigenvalue weighted by Crippen LogP contribution is -2.25. The minimum absolute atomic E-state index is 0.0732. The fourth-order valence-corrected chi connectivity index (χ4v) is 1.67. The average molecular weight is 263 g/mol. The number of hydrogen-bond donors (Lipinski definition) is 2. The Morgan fingerprint density at radius 2 is 2.32 bits per heavy atom. The highest BCUT2D eigenvalue weighted by atomic mass is 19.1. The number of aromatic hydroxyl groups is 1. The van der Waals surface area contributed by atoms with Gasteiger partial charge in [0.25, 0.3) is 5.91 Å². The van der Waals surface area contributed by atoms with Crippen molar-refractivity contribution in [2.24, 2.45) is 0 Å². The van der Waals surface area contributed by atoms with Crippen molar-refractivity contribution in [3.63, 3.8) is 0 Å². The lowest BCUT2D eigenvalue weighted by Gasteiger charge is -2.07. The first-order chi connectivity index (χ1) is 9.16. The molecule has 2 N–H and O–H groups in total. The summed E-state index contributed by atoms with van der Waals surface area (Å²) in [5.41, 5.74) is 0.0732. The summed E-state index contributed by atoms with van der Waals surface area (Å²) in [6, 6.07) is 3.32. The van der Waals surface area contributed by atoms with E-state index in [0.29, 0.717) is 6.54 Å². The molecule has 1 aromatic heterocycles. The Labute approximate surface area is 109 Å². The number of hydrogen-bond acceptors (Lipinski definition) is 3. The molecule has 0 atom stereocenters. The topological polar surface area (TPSA) is 67.2 Å². The molecule has 0 aliphatic rings. The molecule has 1 aromatic carbocycles. The highest BCUT2D eigenvalue weighted by Gasteiger charge is 2.10. The number of carbonyl (C=O) groups is 1. The number of phenolic OH excluding ortho intramolecular Hbond substituents is 1. The molecule has 19 heavy (non-hydrogen) atoms. The van der Waals surface area contributed by atoms with Crippen LogP contribution in [0, 0.1) is 5.82 Å². The molecule has 0 spiro atoms. The fourth-order valence-electron chi connectivity index (χ4n) is 1.67. The van der Waals surface area contributed by atoms with E-state index < -0.39 is 11.7 Å². The summed E-state index contributed by atoms with van der Waals surface area (Å²) in [4.78, 5) is 15.6. The van der Waals surface area contributed by atoms with Crippen LogP contribution in [-0.4, -0.2) is 27.1 Å².